The smallest absolute Gasteiger partial charge is 0.269 e. The Morgan fingerprint density at radius 3 is 2.71 bits per heavy atom. The number of rotatable bonds is 2. The van der Waals surface area contributed by atoms with Crippen LogP contribution in [0.5, 0.6) is 0 Å². The number of aromatic nitrogens is 4. The van der Waals surface area contributed by atoms with Crippen LogP contribution in [-0.4, -0.2) is 30.9 Å². The van der Waals surface area contributed by atoms with E-state index in [9.17, 15) is 4.79 Å². The lowest BCUT2D eigenvalue weighted by Crippen LogP contribution is -2.26. The molecule has 6 nitrogen and oxygen atoms in total. The number of hydrogen-bond acceptors (Lipinski definition) is 4. The fourth-order valence-corrected chi connectivity index (χ4v) is 1.81. The standard InChI is InChI=1S/C6H7Cl2N5O/c1-5(2-6(5,7)8)3(14)9-4-10-12-13-11-4/h2H2,1H3,(H2,9,10,11,12,13,14)/t5-/m1/s1. The van der Waals surface area contributed by atoms with E-state index < -0.39 is 9.75 Å². The molecule has 2 N–H and O–H groups in total. The van der Waals surface area contributed by atoms with Crippen molar-refractivity contribution in [1.29, 1.82) is 0 Å². The number of halogens is 2. The molecular weight excluding hydrogens is 229 g/mol. The topological polar surface area (TPSA) is 83.6 Å². The van der Waals surface area contributed by atoms with Gasteiger partial charge in [0.15, 0.2) is 0 Å². The van der Waals surface area contributed by atoms with Gasteiger partial charge in [0, 0.05) is 0 Å². The van der Waals surface area contributed by atoms with Crippen molar-refractivity contribution in [3.63, 3.8) is 0 Å². The Kier molecular flexibility index (Phi) is 1.94. The Hall–Kier alpha value is -0.880. The number of nitrogens with one attached hydrogen (secondary N) is 2. The van der Waals surface area contributed by atoms with Crippen LogP contribution >= 0.6 is 23.2 Å². The third-order valence-electron chi connectivity index (χ3n) is 2.33. The molecule has 1 atom stereocenters. The minimum atomic E-state index is -0.985. The highest BCUT2D eigenvalue weighted by Crippen LogP contribution is 2.64. The average molecular weight is 236 g/mol. The maximum Gasteiger partial charge on any atom is 0.269 e. The zero-order valence-corrected chi connectivity index (χ0v) is 8.72. The van der Waals surface area contributed by atoms with Crippen LogP contribution in [0.25, 0.3) is 0 Å². The van der Waals surface area contributed by atoms with E-state index in [2.05, 4.69) is 25.9 Å². The summed E-state index contributed by atoms with van der Waals surface area (Å²) in [4.78, 5) is 11.6. The van der Waals surface area contributed by atoms with Crippen molar-refractivity contribution in [2.24, 2.45) is 5.41 Å². The number of carbonyl (C=O) groups is 1. The first-order chi connectivity index (χ1) is 6.46. The van der Waals surface area contributed by atoms with Crippen LogP contribution in [0, 0.1) is 5.41 Å². The minimum Gasteiger partial charge on any atom is -0.291 e. The van der Waals surface area contributed by atoms with Crippen molar-refractivity contribution < 1.29 is 4.79 Å². The van der Waals surface area contributed by atoms with Crippen molar-refractivity contribution in [3.8, 4) is 0 Å². The van der Waals surface area contributed by atoms with Gasteiger partial charge in [0.1, 0.15) is 4.33 Å². The largest absolute Gasteiger partial charge is 0.291 e. The number of amides is 1. The summed E-state index contributed by atoms with van der Waals surface area (Å²) < 4.78 is -0.985. The van der Waals surface area contributed by atoms with Gasteiger partial charge < -0.3 is 0 Å². The van der Waals surface area contributed by atoms with Gasteiger partial charge in [0.2, 0.25) is 5.91 Å². The molecular formula is C6H7Cl2N5O. The van der Waals surface area contributed by atoms with E-state index >= 15 is 0 Å². The molecule has 0 radical (unpaired) electrons. The molecule has 2 rings (SSSR count). The minimum absolute atomic E-state index is 0.118. The highest BCUT2D eigenvalue weighted by atomic mass is 35.5. The van der Waals surface area contributed by atoms with Crippen molar-refractivity contribution in [2.45, 2.75) is 17.7 Å². The summed E-state index contributed by atoms with van der Waals surface area (Å²) in [6.07, 6.45) is 0.423. The number of carbonyl (C=O) groups excluding carboxylic acids is 1. The van der Waals surface area contributed by atoms with Crippen molar-refractivity contribution >= 4 is 35.1 Å². The summed E-state index contributed by atoms with van der Waals surface area (Å²) in [7, 11) is 0. The Balaban J connectivity index is 2.05. The van der Waals surface area contributed by atoms with Gasteiger partial charge in [-0.1, -0.05) is 5.10 Å². The second-order valence-electron chi connectivity index (χ2n) is 3.40. The fraction of sp³-hybridized carbons (Fsp3) is 0.667. The molecule has 0 aliphatic heterocycles. The molecule has 1 aliphatic rings. The summed E-state index contributed by atoms with van der Waals surface area (Å²) >= 11 is 11.6. The Bertz CT molecular complexity index is 364. The lowest BCUT2D eigenvalue weighted by atomic mass is 10.1. The zero-order valence-electron chi connectivity index (χ0n) is 7.21. The lowest BCUT2D eigenvalue weighted by molar-refractivity contribution is -0.120. The number of tetrazole rings is 1. The van der Waals surface area contributed by atoms with Gasteiger partial charge in [-0.25, -0.2) is 0 Å². The molecule has 1 saturated carbocycles. The first-order valence-electron chi connectivity index (χ1n) is 3.88. The Labute approximate surface area is 89.3 Å². The normalized spacial score (nSPS) is 28.5. The van der Waals surface area contributed by atoms with Crippen LogP contribution in [0.1, 0.15) is 13.3 Å². The van der Waals surface area contributed by atoms with E-state index in [4.69, 9.17) is 23.2 Å². The SMILES string of the molecule is C[C@]1(C(=O)Nc2nn[nH]n2)CC1(Cl)Cl. The molecule has 1 amide bonds. The number of H-pyrrole nitrogens is 1. The van der Waals surface area contributed by atoms with Crippen LogP contribution < -0.4 is 5.32 Å². The summed E-state index contributed by atoms with van der Waals surface area (Å²) in [5.74, 6) is -0.184. The van der Waals surface area contributed by atoms with Crippen LogP contribution in [-0.2, 0) is 4.79 Å². The van der Waals surface area contributed by atoms with Gasteiger partial charge in [0.05, 0.1) is 5.41 Å². The van der Waals surface area contributed by atoms with Gasteiger partial charge in [-0.2, -0.15) is 5.21 Å². The molecule has 0 spiro atoms. The quantitative estimate of drug-likeness (QED) is 0.741. The number of alkyl halides is 2. The Morgan fingerprint density at radius 1 is 1.64 bits per heavy atom. The number of nitrogens with zero attached hydrogens (tertiary/aromatic N) is 3. The molecule has 76 valence electrons. The summed E-state index contributed by atoms with van der Waals surface area (Å²) in [5.41, 5.74) is -0.767. The van der Waals surface area contributed by atoms with Crippen LogP contribution in [0.4, 0.5) is 5.95 Å². The Morgan fingerprint density at radius 2 is 2.29 bits per heavy atom. The van der Waals surface area contributed by atoms with E-state index in [1.165, 1.54) is 0 Å². The van der Waals surface area contributed by atoms with Crippen molar-refractivity contribution in [3.05, 3.63) is 0 Å². The number of aromatic amines is 1. The van der Waals surface area contributed by atoms with Crippen molar-refractivity contribution in [2.75, 3.05) is 5.32 Å². The molecule has 0 bridgehead atoms. The van der Waals surface area contributed by atoms with E-state index in [-0.39, 0.29) is 11.9 Å². The van der Waals surface area contributed by atoms with E-state index in [1.54, 1.807) is 6.92 Å². The monoisotopic (exact) mass is 235 g/mol. The molecule has 0 aromatic carbocycles. The average Bonchev–Trinajstić information content (AvgIpc) is 2.54. The molecule has 14 heavy (non-hydrogen) atoms. The van der Waals surface area contributed by atoms with Crippen LogP contribution in [0.15, 0.2) is 0 Å². The van der Waals surface area contributed by atoms with Gasteiger partial charge in [0.25, 0.3) is 5.95 Å². The molecule has 1 aromatic rings. The van der Waals surface area contributed by atoms with Gasteiger partial charge >= 0.3 is 0 Å². The van der Waals surface area contributed by atoms with E-state index in [0.29, 0.717) is 6.42 Å². The molecule has 0 unspecified atom stereocenters. The first kappa shape index (κ1) is 9.67. The van der Waals surface area contributed by atoms with E-state index in [1.807, 2.05) is 0 Å². The molecule has 8 heteroatoms. The first-order valence-corrected chi connectivity index (χ1v) is 4.64. The molecule has 0 saturated heterocycles. The highest BCUT2D eigenvalue weighted by molar-refractivity contribution is 6.53. The molecule has 1 fully saturated rings. The lowest BCUT2D eigenvalue weighted by Gasteiger charge is -2.09. The summed E-state index contributed by atoms with van der Waals surface area (Å²) in [6, 6.07) is 0. The van der Waals surface area contributed by atoms with Crippen LogP contribution in [0.2, 0.25) is 0 Å². The second-order valence-corrected chi connectivity index (χ2v) is 4.89. The maximum atomic E-state index is 11.6. The van der Waals surface area contributed by atoms with Gasteiger partial charge in [-0.15, -0.1) is 28.3 Å². The van der Waals surface area contributed by atoms with Gasteiger partial charge in [-0.3, -0.25) is 10.1 Å². The number of hydrogen-bond donors (Lipinski definition) is 2. The molecule has 1 aromatic heterocycles. The molecule has 1 heterocycles. The number of anilines is 1. The third kappa shape index (κ3) is 1.34. The maximum absolute atomic E-state index is 11.6. The predicted octanol–water partition coefficient (Wildman–Crippen LogP) is 0.722. The van der Waals surface area contributed by atoms with Crippen molar-refractivity contribution in [1.82, 2.24) is 20.6 Å². The summed E-state index contributed by atoms with van der Waals surface area (Å²) in [6.45, 7) is 1.68. The fourth-order valence-electron chi connectivity index (χ4n) is 1.10. The van der Waals surface area contributed by atoms with Gasteiger partial charge in [-0.05, 0) is 18.6 Å². The second kappa shape index (κ2) is 2.80. The van der Waals surface area contributed by atoms with E-state index in [0.717, 1.165) is 0 Å². The predicted molar refractivity (Wildman–Crippen MR) is 50.0 cm³/mol. The highest BCUT2D eigenvalue weighted by Gasteiger charge is 2.68. The van der Waals surface area contributed by atoms with Crippen LogP contribution in [0.3, 0.4) is 0 Å². The molecule has 1 aliphatic carbocycles. The zero-order chi connectivity index (χ0) is 10.4. The third-order valence-corrected chi connectivity index (χ3v) is 3.43. The summed E-state index contributed by atoms with van der Waals surface area (Å²) in [5, 5.41) is 15.1.